The molecule has 0 saturated carbocycles. The van der Waals surface area contributed by atoms with Crippen LogP contribution in [-0.2, 0) is 0 Å². The molecular weight excluding hydrogens is 230 g/mol. The molecule has 1 aromatic carbocycles. The molecule has 0 bridgehead atoms. The third-order valence-electron chi connectivity index (χ3n) is 3.26. The zero-order valence-corrected chi connectivity index (χ0v) is 11.4. The first kappa shape index (κ1) is 12.8. The Hall–Kier alpha value is -0.670. The highest BCUT2D eigenvalue weighted by Crippen LogP contribution is 2.32. The van der Waals surface area contributed by atoms with Gasteiger partial charge in [0.05, 0.1) is 6.61 Å². The minimum atomic E-state index is 0.456. The molecule has 2 nitrogen and oxygen atoms in total. The van der Waals surface area contributed by atoms with E-state index in [4.69, 9.17) is 4.74 Å². The Balaban J connectivity index is 2.07. The number of nitrogens with one attached hydrogen (secondary N) is 1. The lowest BCUT2D eigenvalue weighted by Crippen LogP contribution is -2.36. The van der Waals surface area contributed by atoms with Crippen LogP contribution in [-0.4, -0.2) is 24.7 Å². The monoisotopic (exact) mass is 251 g/mol. The molecule has 1 heterocycles. The quantitative estimate of drug-likeness (QED) is 0.868. The van der Waals surface area contributed by atoms with Crippen molar-refractivity contribution in [3.05, 3.63) is 29.8 Å². The summed E-state index contributed by atoms with van der Waals surface area (Å²) in [5.41, 5.74) is 1.32. The summed E-state index contributed by atoms with van der Waals surface area (Å²) < 4.78 is 5.68. The van der Waals surface area contributed by atoms with E-state index in [0.29, 0.717) is 12.1 Å². The molecule has 2 atom stereocenters. The summed E-state index contributed by atoms with van der Waals surface area (Å²) in [5, 5.41) is 3.76. The van der Waals surface area contributed by atoms with Gasteiger partial charge in [0.15, 0.2) is 0 Å². The van der Waals surface area contributed by atoms with Gasteiger partial charge in [0, 0.05) is 29.8 Å². The second-order valence-electron chi connectivity index (χ2n) is 4.45. The predicted octanol–water partition coefficient (Wildman–Crippen LogP) is 3.24. The number of fused-ring (bicyclic) bond motifs is 1. The number of ether oxygens (including phenoxy) is 1. The largest absolute Gasteiger partial charge is 0.493 e. The van der Waals surface area contributed by atoms with Crippen LogP contribution in [0.15, 0.2) is 24.3 Å². The van der Waals surface area contributed by atoms with Crippen molar-refractivity contribution in [1.29, 1.82) is 0 Å². The van der Waals surface area contributed by atoms with Crippen LogP contribution < -0.4 is 10.1 Å². The van der Waals surface area contributed by atoms with Gasteiger partial charge >= 0.3 is 0 Å². The molecule has 0 aliphatic carbocycles. The standard InChI is InChI=1S/C14H21NOS/c1-3-11(10-17-2)15-13-8-9-16-14-7-5-4-6-12(13)14/h4-7,11,13,15H,3,8-10H2,1-2H3. The summed E-state index contributed by atoms with van der Waals surface area (Å²) in [4.78, 5) is 0. The van der Waals surface area contributed by atoms with Crippen LogP contribution in [0.2, 0.25) is 0 Å². The van der Waals surface area contributed by atoms with E-state index in [9.17, 15) is 0 Å². The first-order chi connectivity index (χ1) is 8.35. The highest BCUT2D eigenvalue weighted by molar-refractivity contribution is 7.98. The zero-order valence-electron chi connectivity index (χ0n) is 10.6. The van der Waals surface area contributed by atoms with Crippen molar-refractivity contribution in [2.45, 2.75) is 31.8 Å². The van der Waals surface area contributed by atoms with Gasteiger partial charge in [0.1, 0.15) is 5.75 Å². The van der Waals surface area contributed by atoms with E-state index >= 15 is 0 Å². The minimum Gasteiger partial charge on any atom is -0.493 e. The molecule has 1 aliphatic rings. The molecule has 2 rings (SSSR count). The average molecular weight is 251 g/mol. The highest BCUT2D eigenvalue weighted by Gasteiger charge is 2.22. The number of thioether (sulfide) groups is 1. The average Bonchev–Trinajstić information content (AvgIpc) is 2.38. The number of benzene rings is 1. The normalized spacial score (nSPS) is 20.5. The Bertz CT molecular complexity index is 356. The Labute approximate surface area is 108 Å². The summed E-state index contributed by atoms with van der Waals surface area (Å²) in [6.07, 6.45) is 4.42. The molecule has 94 valence electrons. The Morgan fingerprint density at radius 1 is 1.47 bits per heavy atom. The maximum Gasteiger partial charge on any atom is 0.124 e. The summed E-state index contributed by atoms with van der Waals surface area (Å²) in [6.45, 7) is 3.07. The number of para-hydroxylation sites is 1. The number of hydrogen-bond donors (Lipinski definition) is 1. The van der Waals surface area contributed by atoms with Crippen LogP contribution in [0, 0.1) is 0 Å². The smallest absolute Gasteiger partial charge is 0.124 e. The SMILES string of the molecule is CCC(CSC)NC1CCOc2ccccc21. The molecule has 0 spiro atoms. The van der Waals surface area contributed by atoms with Crippen molar-refractivity contribution < 1.29 is 4.74 Å². The van der Waals surface area contributed by atoms with Crippen molar-refractivity contribution in [2.75, 3.05) is 18.6 Å². The van der Waals surface area contributed by atoms with Crippen molar-refractivity contribution in [3.63, 3.8) is 0 Å². The Morgan fingerprint density at radius 3 is 3.06 bits per heavy atom. The van der Waals surface area contributed by atoms with Crippen molar-refractivity contribution in [2.24, 2.45) is 0 Å². The molecule has 0 radical (unpaired) electrons. The second kappa shape index (κ2) is 6.31. The number of rotatable bonds is 5. The number of hydrogen-bond acceptors (Lipinski definition) is 3. The van der Waals surface area contributed by atoms with E-state index < -0.39 is 0 Å². The van der Waals surface area contributed by atoms with Crippen LogP contribution in [0.25, 0.3) is 0 Å². The van der Waals surface area contributed by atoms with Crippen molar-refractivity contribution in [3.8, 4) is 5.75 Å². The van der Waals surface area contributed by atoms with Gasteiger partial charge in [-0.2, -0.15) is 11.8 Å². The predicted molar refractivity (Wildman–Crippen MR) is 74.9 cm³/mol. The molecule has 1 N–H and O–H groups in total. The first-order valence-electron chi connectivity index (χ1n) is 6.31. The molecule has 0 saturated heterocycles. The Kier molecular flexibility index (Phi) is 4.75. The van der Waals surface area contributed by atoms with E-state index in [1.165, 1.54) is 17.7 Å². The fourth-order valence-corrected chi connectivity index (χ4v) is 3.02. The Morgan fingerprint density at radius 2 is 2.29 bits per heavy atom. The van der Waals surface area contributed by atoms with Gasteiger partial charge < -0.3 is 10.1 Å². The molecule has 0 amide bonds. The maximum absolute atomic E-state index is 5.68. The van der Waals surface area contributed by atoms with Crippen LogP contribution >= 0.6 is 11.8 Å². The van der Waals surface area contributed by atoms with Gasteiger partial charge in [0.2, 0.25) is 0 Å². The molecule has 1 aromatic rings. The van der Waals surface area contributed by atoms with Gasteiger partial charge in [-0.3, -0.25) is 0 Å². The van der Waals surface area contributed by atoms with Crippen LogP contribution in [0.3, 0.4) is 0 Å². The third kappa shape index (κ3) is 3.17. The van der Waals surface area contributed by atoms with Crippen LogP contribution in [0.5, 0.6) is 5.75 Å². The molecule has 3 heteroatoms. The van der Waals surface area contributed by atoms with E-state index in [0.717, 1.165) is 18.8 Å². The first-order valence-corrected chi connectivity index (χ1v) is 7.71. The fraction of sp³-hybridized carbons (Fsp3) is 0.571. The van der Waals surface area contributed by atoms with Crippen LogP contribution in [0.4, 0.5) is 0 Å². The highest BCUT2D eigenvalue weighted by atomic mass is 32.2. The summed E-state index contributed by atoms with van der Waals surface area (Å²) in [6, 6.07) is 9.44. The lowest BCUT2D eigenvalue weighted by atomic mass is 9.99. The fourth-order valence-electron chi connectivity index (χ4n) is 2.28. The van der Waals surface area contributed by atoms with Gasteiger partial charge in [-0.05, 0) is 18.7 Å². The molecule has 0 aromatic heterocycles. The lowest BCUT2D eigenvalue weighted by molar-refractivity contribution is 0.245. The van der Waals surface area contributed by atoms with E-state index in [2.05, 4.69) is 36.7 Å². The molecular formula is C14H21NOS. The summed E-state index contributed by atoms with van der Waals surface area (Å²) in [5.74, 6) is 2.23. The van der Waals surface area contributed by atoms with Crippen molar-refractivity contribution >= 4 is 11.8 Å². The molecule has 2 unspecified atom stereocenters. The molecule has 0 fully saturated rings. The topological polar surface area (TPSA) is 21.3 Å². The van der Waals surface area contributed by atoms with E-state index in [1.54, 1.807) is 0 Å². The van der Waals surface area contributed by atoms with E-state index in [1.807, 2.05) is 17.8 Å². The molecule has 1 aliphatic heterocycles. The maximum atomic E-state index is 5.68. The minimum absolute atomic E-state index is 0.456. The van der Waals surface area contributed by atoms with Crippen LogP contribution in [0.1, 0.15) is 31.4 Å². The third-order valence-corrected chi connectivity index (χ3v) is 3.99. The van der Waals surface area contributed by atoms with Gasteiger partial charge in [-0.15, -0.1) is 0 Å². The zero-order chi connectivity index (χ0) is 12.1. The lowest BCUT2D eigenvalue weighted by Gasteiger charge is -2.30. The van der Waals surface area contributed by atoms with E-state index in [-0.39, 0.29) is 0 Å². The van der Waals surface area contributed by atoms with Gasteiger partial charge in [0.25, 0.3) is 0 Å². The summed E-state index contributed by atoms with van der Waals surface area (Å²) in [7, 11) is 0. The van der Waals surface area contributed by atoms with Gasteiger partial charge in [-0.25, -0.2) is 0 Å². The second-order valence-corrected chi connectivity index (χ2v) is 5.37. The van der Waals surface area contributed by atoms with Crippen molar-refractivity contribution in [1.82, 2.24) is 5.32 Å². The van der Waals surface area contributed by atoms with Gasteiger partial charge in [-0.1, -0.05) is 25.1 Å². The molecule has 17 heavy (non-hydrogen) atoms. The summed E-state index contributed by atoms with van der Waals surface area (Å²) >= 11 is 1.91.